The Morgan fingerprint density at radius 3 is 2.33 bits per heavy atom. The van der Waals surface area contributed by atoms with E-state index in [9.17, 15) is 19.2 Å². The van der Waals surface area contributed by atoms with Crippen molar-refractivity contribution in [1.29, 1.82) is 5.26 Å². The van der Waals surface area contributed by atoms with Crippen molar-refractivity contribution >= 4 is 23.5 Å². The van der Waals surface area contributed by atoms with Crippen LogP contribution in [0, 0.1) is 23.2 Å². The van der Waals surface area contributed by atoms with Gasteiger partial charge in [-0.1, -0.05) is 36.4 Å². The van der Waals surface area contributed by atoms with E-state index < -0.39 is 29.7 Å². The molecule has 9 nitrogen and oxygen atoms in total. The van der Waals surface area contributed by atoms with E-state index in [1.807, 2.05) is 18.2 Å². The number of carbonyl (C=O) groups is 4. The number of rotatable bonds is 10. The van der Waals surface area contributed by atoms with Crippen molar-refractivity contribution in [1.82, 2.24) is 20.9 Å². The first kappa shape index (κ1) is 26.5. The Labute approximate surface area is 210 Å². The molecule has 0 bridgehead atoms. The minimum atomic E-state index is -1.10. The van der Waals surface area contributed by atoms with Crippen LogP contribution in [-0.4, -0.2) is 40.6 Å². The number of amides is 3. The standard InChI is InChI=1S/C27H31N5O4/c1-18(31-26(35)21-12-10-20(16-28)11-13-21)25(34)32-23(15-19-7-3-2-4-8-19)24(33)27(36)30-17-22-9-5-6-14-29-22/h2-9,14,18,20-21,23H,10-13,15,17H2,1H3,(H,30,36)(H,31,35)(H,32,34)/t18-,20?,21?,23-/m1/s1. The molecule has 1 heterocycles. The third-order valence-corrected chi connectivity index (χ3v) is 6.33. The molecule has 3 rings (SSSR count). The van der Waals surface area contributed by atoms with Crippen molar-refractivity contribution in [2.75, 3.05) is 0 Å². The van der Waals surface area contributed by atoms with Gasteiger partial charge in [-0.3, -0.25) is 24.2 Å². The molecule has 1 aromatic heterocycles. The van der Waals surface area contributed by atoms with Gasteiger partial charge in [0.25, 0.3) is 5.91 Å². The van der Waals surface area contributed by atoms with Crippen LogP contribution in [0.1, 0.15) is 43.9 Å². The molecule has 188 valence electrons. The summed E-state index contributed by atoms with van der Waals surface area (Å²) in [6, 6.07) is 14.6. The number of carbonyl (C=O) groups excluding carboxylic acids is 4. The summed E-state index contributed by atoms with van der Waals surface area (Å²) >= 11 is 0. The summed E-state index contributed by atoms with van der Waals surface area (Å²) in [4.78, 5) is 55.3. The van der Waals surface area contributed by atoms with Gasteiger partial charge < -0.3 is 16.0 Å². The van der Waals surface area contributed by atoms with E-state index in [0.29, 0.717) is 31.4 Å². The molecule has 1 aromatic carbocycles. The molecule has 0 unspecified atom stereocenters. The van der Waals surface area contributed by atoms with Crippen molar-refractivity contribution < 1.29 is 19.2 Å². The lowest BCUT2D eigenvalue weighted by molar-refractivity contribution is -0.140. The van der Waals surface area contributed by atoms with Crippen molar-refractivity contribution in [3.05, 3.63) is 66.0 Å². The maximum atomic E-state index is 13.0. The van der Waals surface area contributed by atoms with E-state index in [4.69, 9.17) is 5.26 Å². The van der Waals surface area contributed by atoms with Gasteiger partial charge in [-0.15, -0.1) is 0 Å². The van der Waals surface area contributed by atoms with Crippen LogP contribution in [0.3, 0.4) is 0 Å². The lowest BCUT2D eigenvalue weighted by Gasteiger charge is -2.26. The molecule has 1 aliphatic rings. The summed E-state index contributed by atoms with van der Waals surface area (Å²) in [5, 5.41) is 17.0. The first-order valence-electron chi connectivity index (χ1n) is 12.1. The summed E-state index contributed by atoms with van der Waals surface area (Å²) in [5.74, 6) is -2.68. The fraction of sp³-hybridized carbons (Fsp3) is 0.407. The monoisotopic (exact) mass is 489 g/mol. The molecule has 9 heteroatoms. The molecule has 1 saturated carbocycles. The van der Waals surface area contributed by atoms with E-state index in [2.05, 4.69) is 27.0 Å². The zero-order chi connectivity index (χ0) is 25.9. The van der Waals surface area contributed by atoms with E-state index in [0.717, 1.165) is 5.56 Å². The summed E-state index contributed by atoms with van der Waals surface area (Å²) in [6.45, 7) is 1.62. The Morgan fingerprint density at radius 1 is 1.00 bits per heavy atom. The van der Waals surface area contributed by atoms with Gasteiger partial charge in [0.1, 0.15) is 12.1 Å². The van der Waals surface area contributed by atoms with Gasteiger partial charge in [-0.2, -0.15) is 5.26 Å². The molecule has 2 aromatic rings. The zero-order valence-corrected chi connectivity index (χ0v) is 20.3. The number of hydrogen-bond acceptors (Lipinski definition) is 6. The molecule has 1 aliphatic carbocycles. The molecule has 3 amide bonds. The van der Waals surface area contributed by atoms with E-state index >= 15 is 0 Å². The average Bonchev–Trinajstić information content (AvgIpc) is 2.92. The topological polar surface area (TPSA) is 141 Å². The Kier molecular flexibility index (Phi) is 9.69. The largest absolute Gasteiger partial charge is 0.344 e. The molecular weight excluding hydrogens is 458 g/mol. The molecule has 1 fully saturated rings. The van der Waals surface area contributed by atoms with Crippen molar-refractivity contribution in [3.63, 3.8) is 0 Å². The second-order valence-electron chi connectivity index (χ2n) is 9.03. The summed E-state index contributed by atoms with van der Waals surface area (Å²) < 4.78 is 0. The number of benzene rings is 1. The number of pyridine rings is 1. The van der Waals surface area contributed by atoms with Crippen LogP contribution in [0.4, 0.5) is 0 Å². The van der Waals surface area contributed by atoms with Crippen molar-refractivity contribution in [2.45, 2.75) is 57.7 Å². The maximum absolute atomic E-state index is 13.0. The smallest absolute Gasteiger partial charge is 0.289 e. The van der Waals surface area contributed by atoms with Crippen LogP contribution in [-0.2, 0) is 32.1 Å². The van der Waals surface area contributed by atoms with Crippen LogP contribution in [0.2, 0.25) is 0 Å². The molecular formula is C27H31N5O4. The molecule has 0 saturated heterocycles. The van der Waals surface area contributed by atoms with E-state index in [1.165, 1.54) is 0 Å². The first-order valence-corrected chi connectivity index (χ1v) is 12.1. The van der Waals surface area contributed by atoms with Gasteiger partial charge >= 0.3 is 0 Å². The second-order valence-corrected chi connectivity index (χ2v) is 9.03. The normalized spacial score (nSPS) is 18.7. The lowest BCUT2D eigenvalue weighted by Crippen LogP contribution is -2.54. The van der Waals surface area contributed by atoms with Crippen molar-refractivity contribution in [2.24, 2.45) is 11.8 Å². The number of nitrogens with zero attached hydrogens (tertiary/aromatic N) is 2. The SMILES string of the molecule is C[C@@H](NC(=O)C1CCC(C#N)CC1)C(=O)N[C@H](Cc1ccccc1)C(=O)C(=O)NCc1ccccn1. The quantitative estimate of drug-likeness (QED) is 0.435. The third-order valence-electron chi connectivity index (χ3n) is 6.33. The average molecular weight is 490 g/mol. The van der Waals surface area contributed by atoms with Gasteiger partial charge in [-0.25, -0.2) is 0 Å². The lowest BCUT2D eigenvalue weighted by atomic mass is 9.82. The Bertz CT molecular complexity index is 1090. The number of nitrogens with one attached hydrogen (secondary N) is 3. The molecule has 3 N–H and O–H groups in total. The number of aromatic nitrogens is 1. The Morgan fingerprint density at radius 2 is 1.69 bits per heavy atom. The molecule has 0 radical (unpaired) electrons. The molecule has 2 atom stereocenters. The minimum absolute atomic E-state index is 0.0247. The van der Waals surface area contributed by atoms with Gasteiger partial charge in [0.15, 0.2) is 0 Å². The third kappa shape index (κ3) is 7.73. The molecule has 0 spiro atoms. The van der Waals surface area contributed by atoms with Gasteiger partial charge in [0, 0.05) is 24.5 Å². The predicted octanol–water partition coefficient (Wildman–Crippen LogP) is 1.83. The number of Topliss-reactive ketones (excluding diaryl/α,β-unsaturated/α-hetero) is 1. The van der Waals surface area contributed by atoms with Crippen LogP contribution < -0.4 is 16.0 Å². The zero-order valence-electron chi connectivity index (χ0n) is 20.3. The van der Waals surface area contributed by atoms with Gasteiger partial charge in [0.2, 0.25) is 17.6 Å². The van der Waals surface area contributed by atoms with Crippen molar-refractivity contribution in [3.8, 4) is 6.07 Å². The van der Waals surface area contributed by atoms with Crippen LogP contribution in [0.5, 0.6) is 0 Å². The van der Waals surface area contributed by atoms with Crippen LogP contribution >= 0.6 is 0 Å². The molecule has 0 aliphatic heterocycles. The van der Waals surface area contributed by atoms with E-state index in [-0.39, 0.29) is 30.7 Å². The fourth-order valence-electron chi connectivity index (χ4n) is 4.16. The highest BCUT2D eigenvalue weighted by molar-refractivity contribution is 6.38. The minimum Gasteiger partial charge on any atom is -0.344 e. The highest BCUT2D eigenvalue weighted by atomic mass is 16.2. The second kappa shape index (κ2) is 13.1. The number of ketones is 1. The number of nitriles is 1. The number of hydrogen-bond donors (Lipinski definition) is 3. The Balaban J connectivity index is 1.61. The Hall–Kier alpha value is -4.06. The fourth-order valence-corrected chi connectivity index (χ4v) is 4.16. The van der Waals surface area contributed by atoms with Gasteiger partial charge in [-0.05, 0) is 50.3 Å². The van der Waals surface area contributed by atoms with Crippen LogP contribution in [0.25, 0.3) is 0 Å². The van der Waals surface area contributed by atoms with Crippen LogP contribution in [0.15, 0.2) is 54.7 Å². The summed E-state index contributed by atoms with van der Waals surface area (Å²) in [6.07, 6.45) is 4.24. The maximum Gasteiger partial charge on any atom is 0.289 e. The van der Waals surface area contributed by atoms with Gasteiger partial charge in [0.05, 0.1) is 18.3 Å². The summed E-state index contributed by atoms with van der Waals surface area (Å²) in [5.41, 5.74) is 1.38. The molecule has 36 heavy (non-hydrogen) atoms. The highest BCUT2D eigenvalue weighted by Crippen LogP contribution is 2.28. The highest BCUT2D eigenvalue weighted by Gasteiger charge is 2.31. The summed E-state index contributed by atoms with van der Waals surface area (Å²) in [7, 11) is 0. The first-order chi connectivity index (χ1) is 17.4. The predicted molar refractivity (Wildman–Crippen MR) is 132 cm³/mol. The van der Waals surface area contributed by atoms with E-state index in [1.54, 1.807) is 43.5 Å².